The highest BCUT2D eigenvalue weighted by Crippen LogP contribution is 2.08. The summed E-state index contributed by atoms with van der Waals surface area (Å²) in [4.78, 5) is 59.1. The average molecular weight is 416 g/mol. The number of carbonyl (C=O) groups is 5. The van der Waals surface area contributed by atoms with Crippen LogP contribution in [0.1, 0.15) is 47.5 Å². The molecule has 0 rings (SSSR count). The summed E-state index contributed by atoms with van der Waals surface area (Å²) in [6, 6.07) is -4.65. The third-order valence-corrected chi connectivity index (χ3v) is 4.10. The Kier molecular flexibility index (Phi) is 10.9. The van der Waals surface area contributed by atoms with Crippen LogP contribution in [0.25, 0.3) is 0 Å². The van der Waals surface area contributed by atoms with Crippen molar-refractivity contribution in [3.05, 3.63) is 0 Å². The van der Waals surface area contributed by atoms with Gasteiger partial charge in [0, 0.05) is 0 Å². The molecule has 11 nitrogen and oxygen atoms in total. The largest absolute Gasteiger partial charge is 0.481 e. The Morgan fingerprint density at radius 3 is 1.69 bits per heavy atom. The first-order valence-corrected chi connectivity index (χ1v) is 9.37. The van der Waals surface area contributed by atoms with Gasteiger partial charge in [-0.1, -0.05) is 27.7 Å². The van der Waals surface area contributed by atoms with E-state index in [0.29, 0.717) is 0 Å². The lowest BCUT2D eigenvalue weighted by Crippen LogP contribution is -2.57. The van der Waals surface area contributed by atoms with Crippen LogP contribution in [0, 0.1) is 11.8 Å². The Balaban J connectivity index is 5.38. The fourth-order valence-corrected chi connectivity index (χ4v) is 2.31. The van der Waals surface area contributed by atoms with Gasteiger partial charge in [0.25, 0.3) is 0 Å². The lowest BCUT2D eigenvalue weighted by atomic mass is 10.00. The van der Waals surface area contributed by atoms with Gasteiger partial charge in [0.05, 0.1) is 12.5 Å². The average Bonchev–Trinajstić information content (AvgIpc) is 2.58. The normalized spacial score (nSPS) is 15.2. The second-order valence-corrected chi connectivity index (χ2v) is 7.69. The first-order valence-electron chi connectivity index (χ1n) is 9.37. The smallest absolute Gasteiger partial charge is 0.325 e. The molecule has 4 atom stereocenters. The van der Waals surface area contributed by atoms with E-state index in [9.17, 15) is 24.0 Å². The molecule has 0 spiro atoms. The highest BCUT2D eigenvalue weighted by molar-refractivity contribution is 5.95. The molecule has 0 aromatic heterocycles. The number of hydrogen-bond donors (Lipinski definition) is 6. The zero-order chi connectivity index (χ0) is 22.9. The lowest BCUT2D eigenvalue weighted by molar-refractivity contribution is -0.143. The predicted molar refractivity (Wildman–Crippen MR) is 104 cm³/mol. The summed E-state index contributed by atoms with van der Waals surface area (Å²) in [5.74, 6) is -5.09. The van der Waals surface area contributed by atoms with E-state index in [4.69, 9.17) is 15.9 Å². The monoisotopic (exact) mass is 416 g/mol. The lowest BCUT2D eigenvalue weighted by Gasteiger charge is -2.25. The second-order valence-electron chi connectivity index (χ2n) is 7.69. The molecular formula is C18H32N4O7. The maximum atomic E-state index is 12.7. The quantitative estimate of drug-likeness (QED) is 0.235. The van der Waals surface area contributed by atoms with E-state index >= 15 is 0 Å². The van der Waals surface area contributed by atoms with Gasteiger partial charge in [-0.2, -0.15) is 0 Å². The van der Waals surface area contributed by atoms with Gasteiger partial charge in [0.15, 0.2) is 0 Å². The maximum Gasteiger partial charge on any atom is 0.325 e. The van der Waals surface area contributed by atoms with E-state index in [-0.39, 0.29) is 18.3 Å². The number of nitrogens with one attached hydrogen (secondary N) is 3. The highest BCUT2D eigenvalue weighted by Gasteiger charge is 2.31. The van der Waals surface area contributed by atoms with Crippen molar-refractivity contribution in [1.82, 2.24) is 16.0 Å². The molecule has 0 aromatic rings. The van der Waals surface area contributed by atoms with Crippen molar-refractivity contribution in [3.8, 4) is 0 Å². The van der Waals surface area contributed by atoms with Crippen molar-refractivity contribution in [1.29, 1.82) is 0 Å². The van der Waals surface area contributed by atoms with Gasteiger partial charge in [0.2, 0.25) is 17.7 Å². The number of hydrogen-bond acceptors (Lipinski definition) is 6. The predicted octanol–water partition coefficient (Wildman–Crippen LogP) is -0.951. The van der Waals surface area contributed by atoms with Crippen LogP contribution in [0.3, 0.4) is 0 Å². The van der Waals surface area contributed by atoms with E-state index < -0.39 is 60.2 Å². The Morgan fingerprint density at radius 2 is 1.28 bits per heavy atom. The maximum absolute atomic E-state index is 12.7. The molecule has 0 saturated carbocycles. The van der Waals surface area contributed by atoms with Gasteiger partial charge >= 0.3 is 11.9 Å². The summed E-state index contributed by atoms with van der Waals surface area (Å²) >= 11 is 0. The first-order chi connectivity index (χ1) is 13.3. The number of carboxylic acid groups (broad SMARTS) is 2. The molecule has 29 heavy (non-hydrogen) atoms. The van der Waals surface area contributed by atoms with Crippen LogP contribution >= 0.6 is 0 Å². The zero-order valence-corrected chi connectivity index (χ0v) is 17.4. The van der Waals surface area contributed by atoms with Gasteiger partial charge in [-0.25, -0.2) is 0 Å². The Morgan fingerprint density at radius 1 is 0.793 bits per heavy atom. The van der Waals surface area contributed by atoms with Crippen LogP contribution in [-0.4, -0.2) is 64.0 Å². The number of amides is 3. The number of rotatable bonds is 12. The van der Waals surface area contributed by atoms with E-state index in [1.54, 1.807) is 13.8 Å². The van der Waals surface area contributed by atoms with Crippen LogP contribution < -0.4 is 21.7 Å². The summed E-state index contributed by atoms with van der Waals surface area (Å²) in [5, 5.41) is 24.8. The van der Waals surface area contributed by atoms with Crippen molar-refractivity contribution in [2.75, 3.05) is 0 Å². The summed E-state index contributed by atoms with van der Waals surface area (Å²) in [7, 11) is 0. The van der Waals surface area contributed by atoms with Crippen molar-refractivity contribution in [2.45, 2.75) is 71.6 Å². The molecule has 11 heteroatoms. The van der Waals surface area contributed by atoms with E-state index in [0.717, 1.165) is 0 Å². The van der Waals surface area contributed by atoms with E-state index in [1.165, 1.54) is 6.92 Å². The molecule has 0 aliphatic carbocycles. The van der Waals surface area contributed by atoms with E-state index in [2.05, 4.69) is 16.0 Å². The molecular weight excluding hydrogens is 384 g/mol. The molecule has 0 bridgehead atoms. The zero-order valence-electron chi connectivity index (χ0n) is 17.4. The second kappa shape index (κ2) is 12.0. The molecule has 0 radical (unpaired) electrons. The standard InChI is InChI=1S/C18H32N4O7/c1-8(2)6-11(22-17(27)14(19)9(3)4)16(26)21-12(7-13(23)24)15(25)20-10(5)18(28)29/h8-12,14H,6-7,19H2,1-5H3,(H,20,25)(H,21,26)(H,22,27)(H,23,24)(H,28,29). The van der Waals surface area contributed by atoms with E-state index in [1.807, 2.05) is 13.8 Å². The minimum Gasteiger partial charge on any atom is -0.481 e. The number of carboxylic acids is 2. The fourth-order valence-electron chi connectivity index (χ4n) is 2.31. The van der Waals surface area contributed by atoms with Gasteiger partial charge in [-0.05, 0) is 25.2 Å². The SMILES string of the molecule is CC(C)CC(NC(=O)C(N)C(C)C)C(=O)NC(CC(=O)O)C(=O)NC(C)C(=O)O. The molecule has 3 amide bonds. The third kappa shape index (κ3) is 9.88. The van der Waals surface area contributed by atoms with Gasteiger partial charge in [-0.3, -0.25) is 24.0 Å². The molecule has 0 heterocycles. The molecule has 0 saturated heterocycles. The summed E-state index contributed by atoms with van der Waals surface area (Å²) in [6.45, 7) is 8.35. The number of carbonyl (C=O) groups excluding carboxylic acids is 3. The van der Waals surface area contributed by atoms with Crippen LogP contribution in [0.5, 0.6) is 0 Å². The summed E-state index contributed by atoms with van der Waals surface area (Å²) in [6.07, 6.45) is -0.521. The van der Waals surface area contributed by atoms with Crippen LogP contribution in [0.15, 0.2) is 0 Å². The fraction of sp³-hybridized carbons (Fsp3) is 0.722. The Hall–Kier alpha value is -2.69. The molecule has 0 aliphatic heterocycles. The minimum atomic E-state index is -1.51. The Labute approximate surface area is 169 Å². The van der Waals surface area contributed by atoms with Crippen LogP contribution in [0.2, 0.25) is 0 Å². The molecule has 0 fully saturated rings. The van der Waals surface area contributed by atoms with Crippen molar-refractivity contribution < 1.29 is 34.2 Å². The molecule has 166 valence electrons. The third-order valence-electron chi connectivity index (χ3n) is 4.10. The Bertz CT molecular complexity index is 621. The molecule has 7 N–H and O–H groups in total. The molecule has 4 unspecified atom stereocenters. The molecule has 0 aliphatic rings. The first kappa shape index (κ1) is 26.3. The minimum absolute atomic E-state index is 0.0000994. The van der Waals surface area contributed by atoms with Gasteiger partial charge in [-0.15, -0.1) is 0 Å². The van der Waals surface area contributed by atoms with Crippen molar-refractivity contribution in [2.24, 2.45) is 17.6 Å². The van der Waals surface area contributed by atoms with Crippen LogP contribution in [-0.2, 0) is 24.0 Å². The number of aliphatic carboxylic acids is 2. The van der Waals surface area contributed by atoms with Crippen molar-refractivity contribution >= 4 is 29.7 Å². The van der Waals surface area contributed by atoms with Crippen molar-refractivity contribution in [3.63, 3.8) is 0 Å². The summed E-state index contributed by atoms with van der Waals surface area (Å²) in [5.41, 5.74) is 5.80. The van der Waals surface area contributed by atoms with Gasteiger partial charge in [0.1, 0.15) is 18.1 Å². The topological polar surface area (TPSA) is 188 Å². The van der Waals surface area contributed by atoms with Gasteiger partial charge < -0.3 is 31.9 Å². The number of nitrogens with two attached hydrogens (primary N) is 1. The summed E-state index contributed by atoms with van der Waals surface area (Å²) < 4.78 is 0. The highest BCUT2D eigenvalue weighted by atomic mass is 16.4. The van der Waals surface area contributed by atoms with Crippen LogP contribution in [0.4, 0.5) is 0 Å². The molecule has 0 aromatic carbocycles.